The van der Waals surface area contributed by atoms with Crippen molar-refractivity contribution in [1.29, 1.82) is 5.26 Å². The number of alkyl halides is 2. The number of pyridine rings is 1. The highest BCUT2D eigenvalue weighted by molar-refractivity contribution is 7.90. The number of nitriles is 1. The van der Waals surface area contributed by atoms with Gasteiger partial charge in [0.25, 0.3) is 5.92 Å². The summed E-state index contributed by atoms with van der Waals surface area (Å²) in [6.07, 6.45) is -1.56. The van der Waals surface area contributed by atoms with Gasteiger partial charge in [-0.15, -0.1) is 0 Å². The first kappa shape index (κ1) is 30.2. The van der Waals surface area contributed by atoms with Crippen molar-refractivity contribution in [2.45, 2.75) is 76.8 Å². The standard InChI is InChI=1S/C26H31F3N4O5S/c1-15(2)39(35,36)32-22-19(33(14-26(22,28)29)24(34)38-25(4,5)6)12-17-8-7-9-20(21(17)27)37-23-16(3)10-11-18(13-30)31-23/h7-11,15,19,22,32H,12,14H2,1-6H3/t19-,22+/m0/s1. The molecule has 1 aromatic heterocycles. The average Bonchev–Trinajstić information content (AvgIpc) is 3.06. The number of sulfonamides is 1. The molecule has 1 saturated heterocycles. The van der Waals surface area contributed by atoms with E-state index < -0.39 is 63.8 Å². The van der Waals surface area contributed by atoms with Crippen LogP contribution in [0.4, 0.5) is 18.0 Å². The molecule has 1 amide bonds. The molecule has 0 bridgehead atoms. The fourth-order valence-corrected chi connectivity index (χ4v) is 4.88. The van der Waals surface area contributed by atoms with Crippen molar-refractivity contribution in [3.8, 4) is 17.7 Å². The van der Waals surface area contributed by atoms with E-state index in [0.29, 0.717) is 5.56 Å². The van der Waals surface area contributed by atoms with Crippen LogP contribution in [0.2, 0.25) is 0 Å². The Hall–Kier alpha value is -3.37. The second-order valence-electron chi connectivity index (χ2n) is 10.6. The fraction of sp³-hybridized carbons (Fsp3) is 0.500. The lowest BCUT2D eigenvalue weighted by atomic mass is 9.98. The lowest BCUT2D eigenvalue weighted by Gasteiger charge is -2.30. The number of hydrogen-bond acceptors (Lipinski definition) is 7. The van der Waals surface area contributed by atoms with Crippen LogP contribution in [0.25, 0.3) is 0 Å². The van der Waals surface area contributed by atoms with Crippen LogP contribution in [0.3, 0.4) is 0 Å². The molecule has 0 saturated carbocycles. The van der Waals surface area contributed by atoms with E-state index in [1.807, 2.05) is 10.8 Å². The fourth-order valence-electron chi connectivity index (χ4n) is 3.93. The van der Waals surface area contributed by atoms with Crippen molar-refractivity contribution < 1.29 is 35.9 Å². The van der Waals surface area contributed by atoms with E-state index in [0.717, 1.165) is 4.90 Å². The number of rotatable bonds is 7. The van der Waals surface area contributed by atoms with Crippen molar-refractivity contribution in [3.05, 3.63) is 53.0 Å². The molecule has 1 fully saturated rings. The number of halogens is 3. The van der Waals surface area contributed by atoms with E-state index in [1.54, 1.807) is 33.8 Å². The van der Waals surface area contributed by atoms with E-state index in [1.165, 1.54) is 38.1 Å². The molecule has 212 valence electrons. The van der Waals surface area contributed by atoms with Crippen LogP contribution in [-0.4, -0.2) is 59.8 Å². The zero-order valence-corrected chi connectivity index (χ0v) is 23.3. The van der Waals surface area contributed by atoms with Gasteiger partial charge in [-0.2, -0.15) is 5.26 Å². The highest BCUT2D eigenvalue weighted by atomic mass is 32.2. The van der Waals surface area contributed by atoms with Crippen molar-refractivity contribution in [3.63, 3.8) is 0 Å². The zero-order valence-electron chi connectivity index (χ0n) is 22.5. The molecule has 9 nitrogen and oxygen atoms in total. The summed E-state index contributed by atoms with van der Waals surface area (Å²) in [4.78, 5) is 17.7. The molecule has 39 heavy (non-hydrogen) atoms. The summed E-state index contributed by atoms with van der Waals surface area (Å²) >= 11 is 0. The Morgan fingerprint density at radius 1 is 1.28 bits per heavy atom. The van der Waals surface area contributed by atoms with E-state index in [-0.39, 0.29) is 22.9 Å². The van der Waals surface area contributed by atoms with Gasteiger partial charge in [0.15, 0.2) is 11.6 Å². The minimum absolute atomic E-state index is 0.0181. The van der Waals surface area contributed by atoms with Gasteiger partial charge in [0, 0.05) is 5.56 Å². The van der Waals surface area contributed by atoms with Crippen LogP contribution >= 0.6 is 0 Å². The maximum Gasteiger partial charge on any atom is 0.410 e. The minimum Gasteiger partial charge on any atom is -0.444 e. The molecule has 1 aliphatic rings. The quantitative estimate of drug-likeness (QED) is 0.514. The highest BCUT2D eigenvalue weighted by Crippen LogP contribution is 2.37. The minimum atomic E-state index is -4.19. The Morgan fingerprint density at radius 2 is 1.95 bits per heavy atom. The van der Waals surface area contributed by atoms with Gasteiger partial charge in [0.2, 0.25) is 15.9 Å². The number of carbonyl (C=O) groups excluding carboxylic acids is 1. The van der Waals surface area contributed by atoms with Gasteiger partial charge in [0.05, 0.1) is 17.8 Å². The SMILES string of the molecule is Cc1ccc(C#N)nc1Oc1cccc(C[C@H]2[C@@H](NS(=O)(=O)C(C)C)C(F)(F)CN2C(=O)OC(C)(C)C)c1F. The number of amides is 1. The number of aromatic nitrogens is 1. The molecule has 13 heteroatoms. The zero-order chi connectivity index (χ0) is 29.3. The van der Waals surface area contributed by atoms with Gasteiger partial charge in [-0.3, -0.25) is 4.90 Å². The second-order valence-corrected chi connectivity index (χ2v) is 12.9. The summed E-state index contributed by atoms with van der Waals surface area (Å²) < 4.78 is 84.2. The molecular formula is C26H31F3N4O5S. The maximum absolute atomic E-state index is 15.6. The van der Waals surface area contributed by atoms with Gasteiger partial charge in [-0.05, 0) is 65.7 Å². The molecule has 1 aliphatic heterocycles. The van der Waals surface area contributed by atoms with E-state index in [9.17, 15) is 13.2 Å². The molecular weight excluding hydrogens is 537 g/mol. The Labute approximate surface area is 226 Å². The third-order valence-electron chi connectivity index (χ3n) is 6.01. The van der Waals surface area contributed by atoms with Gasteiger partial charge >= 0.3 is 6.09 Å². The number of likely N-dealkylation sites (tertiary alicyclic amines) is 1. The monoisotopic (exact) mass is 568 g/mol. The smallest absolute Gasteiger partial charge is 0.410 e. The number of ether oxygens (including phenoxy) is 2. The van der Waals surface area contributed by atoms with Crippen LogP contribution in [0.1, 0.15) is 51.4 Å². The number of hydrogen-bond donors (Lipinski definition) is 1. The molecule has 2 atom stereocenters. The number of aryl methyl sites for hydroxylation is 1. The highest BCUT2D eigenvalue weighted by Gasteiger charge is 2.58. The Kier molecular flexibility index (Phi) is 8.52. The van der Waals surface area contributed by atoms with Crippen molar-refractivity contribution in [2.24, 2.45) is 0 Å². The predicted octanol–water partition coefficient (Wildman–Crippen LogP) is 4.69. The Balaban J connectivity index is 2.02. The van der Waals surface area contributed by atoms with Gasteiger partial charge in [0.1, 0.15) is 23.4 Å². The normalized spacial score (nSPS) is 19.2. The lowest BCUT2D eigenvalue weighted by molar-refractivity contribution is -0.0123. The largest absolute Gasteiger partial charge is 0.444 e. The summed E-state index contributed by atoms with van der Waals surface area (Å²) in [6, 6.07) is 5.43. The van der Waals surface area contributed by atoms with Crippen LogP contribution in [0, 0.1) is 24.1 Å². The summed E-state index contributed by atoms with van der Waals surface area (Å²) in [6.45, 7) is 7.86. The van der Waals surface area contributed by atoms with E-state index in [2.05, 4.69) is 4.98 Å². The number of nitrogens with one attached hydrogen (secondary N) is 1. The van der Waals surface area contributed by atoms with Crippen LogP contribution in [0.15, 0.2) is 30.3 Å². The van der Waals surface area contributed by atoms with Crippen LogP contribution in [0.5, 0.6) is 11.6 Å². The Morgan fingerprint density at radius 3 is 2.54 bits per heavy atom. The first-order valence-corrected chi connectivity index (χ1v) is 13.7. The maximum atomic E-state index is 15.6. The molecule has 0 radical (unpaired) electrons. The topological polar surface area (TPSA) is 122 Å². The molecule has 1 aromatic carbocycles. The van der Waals surface area contributed by atoms with Gasteiger partial charge < -0.3 is 9.47 Å². The second kappa shape index (κ2) is 11.0. The first-order valence-electron chi connectivity index (χ1n) is 12.2. The lowest BCUT2D eigenvalue weighted by Crippen LogP contribution is -2.54. The number of benzene rings is 1. The number of carbonyl (C=O) groups is 1. The number of nitrogens with zero attached hydrogens (tertiary/aromatic N) is 3. The summed E-state index contributed by atoms with van der Waals surface area (Å²) in [5.74, 6) is -4.89. The van der Waals surface area contributed by atoms with Crippen molar-refractivity contribution in [2.75, 3.05) is 6.54 Å². The van der Waals surface area contributed by atoms with Crippen LogP contribution in [-0.2, 0) is 21.2 Å². The molecule has 3 rings (SSSR count). The molecule has 0 spiro atoms. The molecule has 0 aliphatic carbocycles. The summed E-state index contributed by atoms with van der Waals surface area (Å²) in [7, 11) is -4.19. The van der Waals surface area contributed by atoms with E-state index >= 15 is 13.2 Å². The Bertz CT molecular complexity index is 1390. The van der Waals surface area contributed by atoms with E-state index in [4.69, 9.17) is 14.7 Å². The van der Waals surface area contributed by atoms with Crippen molar-refractivity contribution in [1.82, 2.24) is 14.6 Å². The summed E-state index contributed by atoms with van der Waals surface area (Å²) in [5, 5.41) is 8.07. The predicted molar refractivity (Wildman–Crippen MR) is 137 cm³/mol. The van der Waals surface area contributed by atoms with Gasteiger partial charge in [-0.1, -0.05) is 18.2 Å². The third-order valence-corrected chi connectivity index (χ3v) is 7.83. The third kappa shape index (κ3) is 6.99. The average molecular weight is 569 g/mol. The van der Waals surface area contributed by atoms with Gasteiger partial charge in [-0.25, -0.2) is 36.1 Å². The molecule has 1 N–H and O–H groups in total. The van der Waals surface area contributed by atoms with Crippen LogP contribution < -0.4 is 9.46 Å². The molecule has 0 unspecified atom stereocenters. The molecule has 2 aromatic rings. The summed E-state index contributed by atoms with van der Waals surface area (Å²) in [5.41, 5.74) is -0.553. The van der Waals surface area contributed by atoms with Crippen molar-refractivity contribution >= 4 is 16.1 Å². The molecule has 2 heterocycles. The first-order chi connectivity index (χ1) is 17.9.